The molecular formula is C48H34N2. The number of nitrogens with zero attached hydrogens (tertiary/aromatic N) is 2. The van der Waals surface area contributed by atoms with Crippen molar-refractivity contribution in [2.24, 2.45) is 0 Å². The van der Waals surface area contributed by atoms with E-state index in [1.54, 1.807) is 0 Å². The molecule has 2 heterocycles. The first-order chi connectivity index (χ1) is 24.7. The van der Waals surface area contributed by atoms with Crippen LogP contribution in [0.25, 0.3) is 82.8 Å². The predicted molar refractivity (Wildman–Crippen MR) is 214 cm³/mol. The molecule has 2 aromatic heterocycles. The zero-order valence-electron chi connectivity index (χ0n) is 27.6. The molecule has 2 nitrogen and oxygen atoms in total. The Kier molecular flexibility index (Phi) is 7.14. The van der Waals surface area contributed by atoms with E-state index < -0.39 is 0 Å². The maximum absolute atomic E-state index is 4.03. The number of benzene rings is 7. The summed E-state index contributed by atoms with van der Waals surface area (Å²) < 4.78 is 4.76. The Morgan fingerprint density at radius 3 is 1.50 bits per heavy atom. The van der Waals surface area contributed by atoms with Gasteiger partial charge in [0.25, 0.3) is 0 Å². The number of hydrogen-bond donors (Lipinski definition) is 0. The maximum Gasteiger partial charge on any atom is 0.0541 e. The Labute approximate surface area is 291 Å². The lowest BCUT2D eigenvalue weighted by Crippen LogP contribution is -1.95. The van der Waals surface area contributed by atoms with Gasteiger partial charge in [-0.05, 0) is 94.1 Å². The molecule has 50 heavy (non-hydrogen) atoms. The molecule has 0 aliphatic heterocycles. The Morgan fingerprint density at radius 1 is 0.400 bits per heavy atom. The van der Waals surface area contributed by atoms with Crippen LogP contribution in [0, 0.1) is 0 Å². The molecule has 0 aliphatic carbocycles. The number of allylic oxidation sites excluding steroid dienone is 4. The lowest BCUT2D eigenvalue weighted by atomic mass is 10.0. The van der Waals surface area contributed by atoms with Gasteiger partial charge >= 0.3 is 0 Å². The van der Waals surface area contributed by atoms with E-state index in [0.717, 1.165) is 22.5 Å². The van der Waals surface area contributed by atoms with E-state index in [2.05, 4.69) is 186 Å². The van der Waals surface area contributed by atoms with E-state index in [4.69, 9.17) is 0 Å². The average molecular weight is 639 g/mol. The molecule has 0 amide bonds. The highest BCUT2D eigenvalue weighted by Gasteiger charge is 2.16. The molecule has 0 N–H and O–H groups in total. The number of fused-ring (bicyclic) bond motifs is 6. The summed E-state index contributed by atoms with van der Waals surface area (Å²) in [4.78, 5) is 0. The SMILES string of the molecule is C=C/C=C(\C=C)c1cccc(-n2c3ccccc3c3cc(-c4ccc5c(c4)c4ccccc4n5-c4cccc(-c5ccccc5)c4)ccc32)c1. The van der Waals surface area contributed by atoms with Crippen LogP contribution >= 0.6 is 0 Å². The van der Waals surface area contributed by atoms with Crippen LogP contribution in [0.15, 0.2) is 195 Å². The molecule has 0 atom stereocenters. The molecular weight excluding hydrogens is 605 g/mol. The van der Waals surface area contributed by atoms with Gasteiger partial charge in [0.1, 0.15) is 0 Å². The Hall–Kier alpha value is -6.64. The standard InChI is InChI=1S/C48H34N2/c1-3-14-33(4-2)35-17-12-19-39(29-35)49-45-23-10-8-21-41(45)43-31-37(25-27-47(43)49)38-26-28-48-44(32-38)42-22-9-11-24-46(42)50(48)40-20-13-18-36(30-40)34-15-6-5-7-16-34/h3-32H,1-2H2/b33-14+. The van der Waals surface area contributed by atoms with Crippen LogP contribution in [0.5, 0.6) is 0 Å². The largest absolute Gasteiger partial charge is 0.309 e. The summed E-state index contributed by atoms with van der Waals surface area (Å²) in [5.41, 5.74) is 14.0. The van der Waals surface area contributed by atoms with E-state index in [1.807, 2.05) is 18.2 Å². The van der Waals surface area contributed by atoms with Crippen molar-refractivity contribution < 1.29 is 0 Å². The van der Waals surface area contributed by atoms with Gasteiger partial charge in [0, 0.05) is 32.9 Å². The molecule has 0 fully saturated rings. The molecule has 0 saturated carbocycles. The average Bonchev–Trinajstić information content (AvgIpc) is 3.69. The summed E-state index contributed by atoms with van der Waals surface area (Å²) in [6, 6.07) is 59.3. The van der Waals surface area contributed by atoms with Crippen molar-refractivity contribution >= 4 is 49.2 Å². The molecule has 0 radical (unpaired) electrons. The number of para-hydroxylation sites is 2. The fraction of sp³-hybridized carbons (Fsp3) is 0. The second-order valence-corrected chi connectivity index (χ2v) is 12.7. The highest BCUT2D eigenvalue weighted by atomic mass is 15.0. The summed E-state index contributed by atoms with van der Waals surface area (Å²) >= 11 is 0. The van der Waals surface area contributed by atoms with Gasteiger partial charge in [-0.15, -0.1) is 0 Å². The van der Waals surface area contributed by atoms with Gasteiger partial charge in [-0.3, -0.25) is 0 Å². The van der Waals surface area contributed by atoms with Crippen molar-refractivity contribution in [3.05, 3.63) is 201 Å². The van der Waals surface area contributed by atoms with Gasteiger partial charge in [0.2, 0.25) is 0 Å². The van der Waals surface area contributed by atoms with E-state index in [-0.39, 0.29) is 0 Å². The fourth-order valence-corrected chi connectivity index (χ4v) is 7.55. The Balaban J connectivity index is 1.20. The molecule has 0 aliphatic rings. The predicted octanol–water partition coefficient (Wildman–Crippen LogP) is 13.0. The lowest BCUT2D eigenvalue weighted by molar-refractivity contribution is 1.18. The second kappa shape index (κ2) is 12.1. The summed E-state index contributed by atoms with van der Waals surface area (Å²) in [7, 11) is 0. The second-order valence-electron chi connectivity index (χ2n) is 12.7. The summed E-state index contributed by atoms with van der Waals surface area (Å²) in [5.74, 6) is 0. The van der Waals surface area contributed by atoms with Crippen molar-refractivity contribution in [3.63, 3.8) is 0 Å². The molecule has 9 aromatic rings. The minimum absolute atomic E-state index is 1.05. The zero-order chi connectivity index (χ0) is 33.6. The van der Waals surface area contributed by atoms with Crippen molar-refractivity contribution in [1.82, 2.24) is 9.13 Å². The van der Waals surface area contributed by atoms with Crippen LogP contribution in [-0.2, 0) is 0 Å². The van der Waals surface area contributed by atoms with Crippen LogP contribution in [-0.4, -0.2) is 9.13 Å². The molecule has 7 aromatic carbocycles. The van der Waals surface area contributed by atoms with Crippen LogP contribution in [0.2, 0.25) is 0 Å². The number of hydrogen-bond acceptors (Lipinski definition) is 0. The van der Waals surface area contributed by atoms with Gasteiger partial charge in [0.15, 0.2) is 0 Å². The number of aromatic nitrogens is 2. The molecule has 0 spiro atoms. The topological polar surface area (TPSA) is 9.86 Å². The van der Waals surface area contributed by atoms with Crippen LogP contribution < -0.4 is 0 Å². The Bertz CT molecular complexity index is 2790. The third-order valence-corrected chi connectivity index (χ3v) is 9.84. The molecule has 0 saturated heterocycles. The third kappa shape index (κ3) is 4.81. The quantitative estimate of drug-likeness (QED) is 0.154. The van der Waals surface area contributed by atoms with Crippen molar-refractivity contribution in [2.45, 2.75) is 0 Å². The van der Waals surface area contributed by atoms with Crippen molar-refractivity contribution in [3.8, 4) is 33.6 Å². The van der Waals surface area contributed by atoms with Crippen molar-refractivity contribution in [1.29, 1.82) is 0 Å². The van der Waals surface area contributed by atoms with Crippen LogP contribution in [0.4, 0.5) is 0 Å². The third-order valence-electron chi connectivity index (χ3n) is 9.84. The van der Waals surface area contributed by atoms with Gasteiger partial charge in [-0.2, -0.15) is 0 Å². The minimum Gasteiger partial charge on any atom is -0.309 e. The smallest absolute Gasteiger partial charge is 0.0541 e. The van der Waals surface area contributed by atoms with Gasteiger partial charge in [-0.1, -0.05) is 135 Å². The maximum atomic E-state index is 4.03. The fourth-order valence-electron chi connectivity index (χ4n) is 7.55. The lowest BCUT2D eigenvalue weighted by Gasteiger charge is -2.11. The first-order valence-electron chi connectivity index (χ1n) is 17.0. The molecule has 0 bridgehead atoms. The first-order valence-corrected chi connectivity index (χ1v) is 17.0. The van der Waals surface area contributed by atoms with Gasteiger partial charge in [0.05, 0.1) is 22.1 Å². The van der Waals surface area contributed by atoms with Gasteiger partial charge in [-0.25, -0.2) is 0 Å². The highest BCUT2D eigenvalue weighted by Crippen LogP contribution is 2.39. The van der Waals surface area contributed by atoms with Crippen LogP contribution in [0.3, 0.4) is 0 Å². The Morgan fingerprint density at radius 2 is 0.900 bits per heavy atom. The normalized spacial score (nSPS) is 11.9. The summed E-state index contributed by atoms with van der Waals surface area (Å²) in [5, 5.41) is 4.95. The van der Waals surface area contributed by atoms with E-state index in [9.17, 15) is 0 Å². The summed E-state index contributed by atoms with van der Waals surface area (Å²) in [6.07, 6.45) is 5.69. The zero-order valence-corrected chi connectivity index (χ0v) is 27.6. The van der Waals surface area contributed by atoms with E-state index >= 15 is 0 Å². The first kappa shape index (κ1) is 29.5. The van der Waals surface area contributed by atoms with E-state index in [0.29, 0.717) is 0 Å². The minimum atomic E-state index is 1.05. The molecule has 9 rings (SSSR count). The van der Waals surface area contributed by atoms with Crippen molar-refractivity contribution in [2.75, 3.05) is 0 Å². The molecule has 0 unspecified atom stereocenters. The monoisotopic (exact) mass is 638 g/mol. The molecule has 2 heteroatoms. The van der Waals surface area contributed by atoms with Gasteiger partial charge < -0.3 is 9.13 Å². The number of rotatable bonds is 7. The highest BCUT2D eigenvalue weighted by molar-refractivity contribution is 6.12. The molecule has 236 valence electrons. The van der Waals surface area contributed by atoms with Crippen LogP contribution in [0.1, 0.15) is 5.56 Å². The summed E-state index contributed by atoms with van der Waals surface area (Å²) in [6.45, 7) is 7.92. The van der Waals surface area contributed by atoms with E-state index in [1.165, 1.54) is 65.9 Å².